The zero-order valence-corrected chi connectivity index (χ0v) is 14.2. The molecule has 0 bridgehead atoms. The number of nitrogens with one attached hydrogen (secondary N) is 2. The number of imide groups is 1. The Balaban J connectivity index is 1.30. The van der Waals surface area contributed by atoms with Crippen LogP contribution in [-0.2, 0) is 22.6 Å². The highest BCUT2D eigenvalue weighted by Gasteiger charge is 2.36. The smallest absolute Gasteiger partial charge is 0.230 e. The topological polar surface area (TPSA) is 71.3 Å². The number of benzene rings is 1. The van der Waals surface area contributed by atoms with E-state index < -0.39 is 0 Å². The van der Waals surface area contributed by atoms with Crippen molar-refractivity contribution < 1.29 is 14.0 Å². The van der Waals surface area contributed by atoms with Crippen LogP contribution in [0.4, 0.5) is 5.69 Å². The molecule has 2 N–H and O–H groups in total. The standard InChI is InChI=1S/C20H22N2O3/c1-12-8-17(12)18-7-6-16(25-18)11-21-15-4-2-13(3-5-15)9-14-10-19(23)22-20(14)24/h2-7,12,14,17,21H,8-11H2,1H3,(H,22,23,24). The first-order valence-electron chi connectivity index (χ1n) is 8.83. The second-order valence-electron chi connectivity index (χ2n) is 7.19. The van der Waals surface area contributed by atoms with Crippen molar-refractivity contribution >= 4 is 17.5 Å². The van der Waals surface area contributed by atoms with E-state index in [1.807, 2.05) is 30.3 Å². The first-order valence-corrected chi connectivity index (χ1v) is 8.83. The molecule has 25 heavy (non-hydrogen) atoms. The van der Waals surface area contributed by atoms with Crippen LogP contribution in [0, 0.1) is 11.8 Å². The molecule has 0 spiro atoms. The van der Waals surface area contributed by atoms with Gasteiger partial charge in [-0.1, -0.05) is 19.1 Å². The third kappa shape index (κ3) is 3.60. The highest BCUT2D eigenvalue weighted by atomic mass is 16.3. The summed E-state index contributed by atoms with van der Waals surface area (Å²) in [5.41, 5.74) is 2.07. The molecule has 130 valence electrons. The number of carbonyl (C=O) groups is 2. The number of hydrogen-bond acceptors (Lipinski definition) is 4. The van der Waals surface area contributed by atoms with Crippen LogP contribution in [-0.4, -0.2) is 11.8 Å². The molecule has 1 saturated heterocycles. The molecule has 2 amide bonds. The minimum atomic E-state index is -0.238. The molecule has 1 aromatic carbocycles. The van der Waals surface area contributed by atoms with Gasteiger partial charge in [-0.15, -0.1) is 0 Å². The van der Waals surface area contributed by atoms with Crippen LogP contribution in [0.3, 0.4) is 0 Å². The van der Waals surface area contributed by atoms with E-state index in [0.29, 0.717) is 25.3 Å². The molecule has 2 heterocycles. The van der Waals surface area contributed by atoms with Crippen molar-refractivity contribution in [2.45, 2.75) is 38.6 Å². The summed E-state index contributed by atoms with van der Waals surface area (Å²) in [4.78, 5) is 22.9. The van der Waals surface area contributed by atoms with Crippen molar-refractivity contribution in [2.24, 2.45) is 11.8 Å². The molecule has 0 radical (unpaired) electrons. The van der Waals surface area contributed by atoms with E-state index >= 15 is 0 Å². The van der Waals surface area contributed by atoms with Gasteiger partial charge in [0.05, 0.1) is 12.5 Å². The summed E-state index contributed by atoms with van der Waals surface area (Å²) in [6, 6.07) is 12.1. The van der Waals surface area contributed by atoms with Crippen molar-refractivity contribution in [1.29, 1.82) is 0 Å². The first-order chi connectivity index (χ1) is 12.1. The molecule has 2 aliphatic rings. The van der Waals surface area contributed by atoms with Crippen LogP contribution in [0.5, 0.6) is 0 Å². The Bertz CT molecular complexity index is 794. The maximum absolute atomic E-state index is 11.6. The van der Waals surface area contributed by atoms with E-state index in [9.17, 15) is 9.59 Å². The van der Waals surface area contributed by atoms with E-state index in [0.717, 1.165) is 28.7 Å². The minimum Gasteiger partial charge on any atom is -0.464 e. The average Bonchev–Trinajstić information content (AvgIpc) is 3.01. The molecule has 1 aliphatic heterocycles. The zero-order chi connectivity index (χ0) is 17.4. The number of amides is 2. The fourth-order valence-corrected chi connectivity index (χ4v) is 3.41. The second kappa shape index (κ2) is 6.39. The lowest BCUT2D eigenvalue weighted by Crippen LogP contribution is -2.22. The van der Waals surface area contributed by atoms with Gasteiger partial charge in [-0.05, 0) is 48.6 Å². The lowest BCUT2D eigenvalue weighted by molar-refractivity contribution is -0.125. The summed E-state index contributed by atoms with van der Waals surface area (Å²) >= 11 is 0. The molecular formula is C20H22N2O3. The van der Waals surface area contributed by atoms with Gasteiger partial charge in [-0.25, -0.2) is 0 Å². The fourth-order valence-electron chi connectivity index (χ4n) is 3.41. The predicted octanol–water partition coefficient (Wildman–Crippen LogP) is 3.22. The predicted molar refractivity (Wildman–Crippen MR) is 94.0 cm³/mol. The Hall–Kier alpha value is -2.56. The van der Waals surface area contributed by atoms with Crippen molar-refractivity contribution in [2.75, 3.05) is 5.32 Å². The Labute approximate surface area is 146 Å². The number of carbonyl (C=O) groups excluding carboxylic acids is 2. The van der Waals surface area contributed by atoms with Gasteiger partial charge in [0.2, 0.25) is 11.8 Å². The summed E-state index contributed by atoms with van der Waals surface area (Å²) in [5.74, 6) is 2.82. The molecule has 1 saturated carbocycles. The molecule has 2 aromatic rings. The summed E-state index contributed by atoms with van der Waals surface area (Å²) in [6.45, 7) is 2.90. The maximum atomic E-state index is 11.6. The third-order valence-corrected chi connectivity index (χ3v) is 5.13. The van der Waals surface area contributed by atoms with Gasteiger partial charge >= 0.3 is 0 Å². The maximum Gasteiger partial charge on any atom is 0.230 e. The Kier molecular flexibility index (Phi) is 4.07. The van der Waals surface area contributed by atoms with Crippen LogP contribution in [0.2, 0.25) is 0 Å². The highest BCUT2D eigenvalue weighted by molar-refractivity contribution is 6.03. The summed E-state index contributed by atoms with van der Waals surface area (Å²) in [5, 5.41) is 5.71. The second-order valence-corrected chi connectivity index (χ2v) is 7.19. The van der Waals surface area contributed by atoms with Gasteiger partial charge < -0.3 is 9.73 Å². The van der Waals surface area contributed by atoms with E-state index in [1.54, 1.807) is 0 Å². The number of anilines is 1. The first kappa shape index (κ1) is 15.9. The quantitative estimate of drug-likeness (QED) is 0.793. The van der Waals surface area contributed by atoms with Gasteiger partial charge in [0.15, 0.2) is 0 Å². The molecule has 4 rings (SSSR count). The van der Waals surface area contributed by atoms with Crippen molar-refractivity contribution in [3.05, 3.63) is 53.5 Å². The van der Waals surface area contributed by atoms with Crippen molar-refractivity contribution in [1.82, 2.24) is 5.32 Å². The molecule has 2 fully saturated rings. The van der Waals surface area contributed by atoms with E-state index in [4.69, 9.17) is 4.42 Å². The Morgan fingerprint density at radius 1 is 1.16 bits per heavy atom. The van der Waals surface area contributed by atoms with Crippen LogP contribution in [0.1, 0.15) is 42.8 Å². The Morgan fingerprint density at radius 3 is 2.56 bits per heavy atom. The van der Waals surface area contributed by atoms with Gasteiger partial charge in [-0.3, -0.25) is 14.9 Å². The van der Waals surface area contributed by atoms with E-state index in [-0.39, 0.29) is 17.7 Å². The molecular weight excluding hydrogens is 316 g/mol. The number of furan rings is 1. The normalized spacial score (nSPS) is 25.1. The van der Waals surface area contributed by atoms with E-state index in [2.05, 4.69) is 23.6 Å². The average molecular weight is 338 g/mol. The highest BCUT2D eigenvalue weighted by Crippen LogP contribution is 2.47. The molecule has 5 nitrogen and oxygen atoms in total. The van der Waals surface area contributed by atoms with Crippen LogP contribution in [0.15, 0.2) is 40.8 Å². The van der Waals surface area contributed by atoms with Crippen molar-refractivity contribution in [3.63, 3.8) is 0 Å². The minimum absolute atomic E-state index is 0.161. The summed E-state index contributed by atoms with van der Waals surface area (Å²) < 4.78 is 5.90. The van der Waals surface area contributed by atoms with E-state index in [1.165, 1.54) is 6.42 Å². The van der Waals surface area contributed by atoms with Crippen molar-refractivity contribution in [3.8, 4) is 0 Å². The summed E-state index contributed by atoms with van der Waals surface area (Å²) in [7, 11) is 0. The lowest BCUT2D eigenvalue weighted by atomic mass is 9.98. The molecule has 1 aliphatic carbocycles. The molecule has 3 atom stereocenters. The largest absolute Gasteiger partial charge is 0.464 e. The molecule has 1 aromatic heterocycles. The lowest BCUT2D eigenvalue weighted by Gasteiger charge is -2.08. The number of rotatable bonds is 6. The third-order valence-electron chi connectivity index (χ3n) is 5.13. The Morgan fingerprint density at radius 2 is 1.92 bits per heavy atom. The van der Waals surface area contributed by atoms with Gasteiger partial charge in [0.25, 0.3) is 0 Å². The SMILES string of the molecule is CC1CC1c1ccc(CNc2ccc(CC3CC(=O)NC3=O)cc2)o1. The van der Waals surface area contributed by atoms with Crippen LogP contribution < -0.4 is 10.6 Å². The zero-order valence-electron chi connectivity index (χ0n) is 14.2. The van der Waals surface area contributed by atoms with Crippen LogP contribution >= 0.6 is 0 Å². The fraction of sp³-hybridized carbons (Fsp3) is 0.400. The van der Waals surface area contributed by atoms with Gasteiger partial charge in [-0.2, -0.15) is 0 Å². The van der Waals surface area contributed by atoms with Crippen LogP contribution in [0.25, 0.3) is 0 Å². The molecule has 3 unspecified atom stereocenters. The van der Waals surface area contributed by atoms with Gasteiger partial charge in [0.1, 0.15) is 11.5 Å². The summed E-state index contributed by atoms with van der Waals surface area (Å²) in [6.07, 6.45) is 2.12. The molecule has 5 heteroatoms. The van der Waals surface area contributed by atoms with Gasteiger partial charge in [0, 0.05) is 18.0 Å². The monoisotopic (exact) mass is 338 g/mol. The number of hydrogen-bond donors (Lipinski definition) is 2.